The van der Waals surface area contributed by atoms with E-state index in [1.54, 1.807) is 0 Å². The van der Waals surface area contributed by atoms with Crippen molar-refractivity contribution in [3.63, 3.8) is 0 Å². The van der Waals surface area contributed by atoms with Crippen LogP contribution >= 0.6 is 0 Å². The topological polar surface area (TPSA) is 26.0 Å². The number of hydrogen-bond donors (Lipinski definition) is 1. The zero-order chi connectivity index (χ0) is 21.5. The summed E-state index contributed by atoms with van der Waals surface area (Å²) in [6.45, 7) is 17.0. The minimum Gasteiger partial charge on any atom is -0.330 e. The molecule has 2 N–H and O–H groups in total. The van der Waals surface area contributed by atoms with Crippen molar-refractivity contribution < 1.29 is 0 Å². The predicted molar refractivity (Wildman–Crippen MR) is 128 cm³/mol. The second-order valence-electron chi connectivity index (χ2n) is 14.2. The van der Waals surface area contributed by atoms with Gasteiger partial charge in [-0.1, -0.05) is 54.4 Å². The van der Waals surface area contributed by atoms with Gasteiger partial charge in [0.1, 0.15) is 0 Å². The van der Waals surface area contributed by atoms with E-state index in [1.807, 2.05) is 0 Å². The van der Waals surface area contributed by atoms with E-state index in [2.05, 4.69) is 41.5 Å². The molecule has 0 saturated heterocycles. The van der Waals surface area contributed by atoms with Crippen LogP contribution in [-0.2, 0) is 0 Å². The summed E-state index contributed by atoms with van der Waals surface area (Å²) < 4.78 is 0. The lowest BCUT2D eigenvalue weighted by atomic mass is 9.33. The molecule has 5 rings (SSSR count). The van der Waals surface area contributed by atoms with Crippen LogP contribution < -0.4 is 5.73 Å². The Morgan fingerprint density at radius 1 is 0.800 bits per heavy atom. The van der Waals surface area contributed by atoms with Gasteiger partial charge in [-0.3, -0.25) is 0 Å². The smallest absolute Gasteiger partial charge is 0.00487 e. The van der Waals surface area contributed by atoms with Gasteiger partial charge in [-0.25, -0.2) is 0 Å². The minimum absolute atomic E-state index is 0.547. The highest BCUT2D eigenvalue weighted by molar-refractivity contribution is 5.17. The Kier molecular flexibility index (Phi) is 5.07. The highest BCUT2D eigenvalue weighted by Gasteiger charge is 2.69. The summed E-state index contributed by atoms with van der Waals surface area (Å²) in [5, 5.41) is 0. The molecule has 0 aromatic carbocycles. The first-order valence-corrected chi connectivity index (χ1v) is 13.8. The van der Waals surface area contributed by atoms with E-state index in [4.69, 9.17) is 5.73 Å². The summed E-state index contributed by atoms with van der Waals surface area (Å²) >= 11 is 0. The predicted octanol–water partition coefficient (Wildman–Crippen LogP) is 7.68. The van der Waals surface area contributed by atoms with Crippen LogP contribution in [0.5, 0.6) is 0 Å². The first kappa shape index (κ1) is 21.8. The SMILES string of the molecule is CC(CN)C1CCC2(C)CC[C@]3(C)C(CCC4C5(C)CCCC(C)C5CCC43C)C12. The third kappa shape index (κ3) is 2.63. The van der Waals surface area contributed by atoms with Crippen LogP contribution in [-0.4, -0.2) is 6.54 Å². The zero-order valence-electron chi connectivity index (χ0n) is 21.1. The highest BCUT2D eigenvalue weighted by Crippen LogP contribution is 2.76. The van der Waals surface area contributed by atoms with Gasteiger partial charge in [0.15, 0.2) is 0 Å². The van der Waals surface area contributed by atoms with Crippen LogP contribution in [0.25, 0.3) is 0 Å². The van der Waals surface area contributed by atoms with E-state index in [0.717, 1.165) is 42.1 Å². The highest BCUT2D eigenvalue weighted by atomic mass is 14.7. The van der Waals surface area contributed by atoms with Crippen molar-refractivity contribution in [2.24, 2.45) is 68.8 Å². The second-order valence-corrected chi connectivity index (χ2v) is 14.2. The normalized spacial score (nSPS) is 58.9. The lowest BCUT2D eigenvalue weighted by Crippen LogP contribution is -2.64. The molecular formula is C29H51N. The first-order valence-electron chi connectivity index (χ1n) is 13.8. The maximum atomic E-state index is 6.25. The summed E-state index contributed by atoms with van der Waals surface area (Å²) in [6, 6.07) is 0. The Labute approximate surface area is 187 Å². The number of fused-ring (bicyclic) bond motifs is 7. The Morgan fingerprint density at radius 3 is 2.30 bits per heavy atom. The largest absolute Gasteiger partial charge is 0.330 e. The molecule has 5 saturated carbocycles. The molecule has 0 aromatic rings. The monoisotopic (exact) mass is 413 g/mol. The van der Waals surface area contributed by atoms with Crippen LogP contribution in [0.2, 0.25) is 0 Å². The van der Waals surface area contributed by atoms with Crippen LogP contribution in [0.1, 0.15) is 112 Å². The molecule has 0 bridgehead atoms. The molecule has 0 spiro atoms. The van der Waals surface area contributed by atoms with Crippen LogP contribution in [0, 0.1) is 63.1 Å². The molecule has 0 amide bonds. The average molecular weight is 414 g/mol. The van der Waals surface area contributed by atoms with Gasteiger partial charge >= 0.3 is 0 Å². The van der Waals surface area contributed by atoms with Crippen LogP contribution in [0.4, 0.5) is 0 Å². The van der Waals surface area contributed by atoms with Gasteiger partial charge in [0.05, 0.1) is 0 Å². The van der Waals surface area contributed by atoms with Gasteiger partial charge in [0, 0.05) is 0 Å². The van der Waals surface area contributed by atoms with Gasteiger partial charge in [-0.05, 0) is 127 Å². The molecular weight excluding hydrogens is 362 g/mol. The second kappa shape index (κ2) is 6.98. The van der Waals surface area contributed by atoms with Crippen LogP contribution in [0.3, 0.4) is 0 Å². The summed E-state index contributed by atoms with van der Waals surface area (Å²) in [6.07, 6.45) is 16.4. The molecule has 30 heavy (non-hydrogen) atoms. The molecule has 0 heterocycles. The van der Waals surface area contributed by atoms with E-state index in [9.17, 15) is 0 Å². The van der Waals surface area contributed by atoms with Gasteiger partial charge in [-0.2, -0.15) is 0 Å². The van der Waals surface area contributed by atoms with Crippen molar-refractivity contribution in [3.05, 3.63) is 0 Å². The molecule has 5 aliphatic rings. The van der Waals surface area contributed by atoms with Gasteiger partial charge in [0.25, 0.3) is 0 Å². The van der Waals surface area contributed by atoms with E-state index in [-0.39, 0.29) is 0 Å². The van der Waals surface area contributed by atoms with Gasteiger partial charge in [0.2, 0.25) is 0 Å². The summed E-state index contributed by atoms with van der Waals surface area (Å²) in [7, 11) is 0. The lowest BCUT2D eigenvalue weighted by Gasteiger charge is -2.72. The van der Waals surface area contributed by atoms with Crippen molar-refractivity contribution in [2.45, 2.75) is 112 Å². The molecule has 0 radical (unpaired) electrons. The Balaban J connectivity index is 1.52. The fourth-order valence-electron chi connectivity index (χ4n) is 11.5. The zero-order valence-corrected chi connectivity index (χ0v) is 21.1. The summed E-state index contributed by atoms with van der Waals surface area (Å²) in [5.41, 5.74) is 8.56. The number of rotatable bonds is 2. The van der Waals surface area contributed by atoms with Crippen molar-refractivity contribution in [3.8, 4) is 0 Å². The fourth-order valence-corrected chi connectivity index (χ4v) is 11.5. The van der Waals surface area contributed by atoms with Gasteiger partial charge < -0.3 is 5.73 Å². The number of hydrogen-bond acceptors (Lipinski definition) is 1. The Bertz CT molecular complexity index is 671. The first-order chi connectivity index (χ1) is 14.1. The molecule has 5 fully saturated rings. The molecule has 172 valence electrons. The van der Waals surface area contributed by atoms with Crippen LogP contribution in [0.15, 0.2) is 0 Å². The van der Waals surface area contributed by atoms with Crippen molar-refractivity contribution in [1.29, 1.82) is 0 Å². The minimum atomic E-state index is 0.547. The summed E-state index contributed by atoms with van der Waals surface area (Å²) in [5.74, 6) is 6.38. The Hall–Kier alpha value is -0.0400. The van der Waals surface area contributed by atoms with Gasteiger partial charge in [-0.15, -0.1) is 0 Å². The molecule has 11 atom stereocenters. The third-order valence-corrected chi connectivity index (χ3v) is 13.4. The maximum absolute atomic E-state index is 6.25. The number of nitrogens with two attached hydrogens (primary N) is 1. The summed E-state index contributed by atoms with van der Waals surface area (Å²) in [4.78, 5) is 0. The average Bonchev–Trinajstić information content (AvgIpc) is 3.05. The van der Waals surface area contributed by atoms with Crippen molar-refractivity contribution >= 4 is 0 Å². The van der Waals surface area contributed by atoms with E-state index < -0.39 is 0 Å². The van der Waals surface area contributed by atoms with E-state index in [1.165, 1.54) is 70.6 Å². The third-order valence-electron chi connectivity index (χ3n) is 13.4. The fraction of sp³-hybridized carbons (Fsp3) is 1.00. The van der Waals surface area contributed by atoms with Crippen molar-refractivity contribution in [1.82, 2.24) is 0 Å². The van der Waals surface area contributed by atoms with Crippen molar-refractivity contribution in [2.75, 3.05) is 6.54 Å². The quantitative estimate of drug-likeness (QED) is 0.493. The molecule has 1 nitrogen and oxygen atoms in total. The molecule has 1 heteroatoms. The molecule has 0 aliphatic heterocycles. The lowest BCUT2D eigenvalue weighted by molar-refractivity contribution is -0.229. The van der Waals surface area contributed by atoms with E-state index >= 15 is 0 Å². The molecule has 10 unspecified atom stereocenters. The molecule has 0 aromatic heterocycles. The maximum Gasteiger partial charge on any atom is -0.00487 e. The van der Waals surface area contributed by atoms with E-state index in [0.29, 0.717) is 27.6 Å². The molecule has 5 aliphatic carbocycles. The Morgan fingerprint density at radius 2 is 1.57 bits per heavy atom. The standard InChI is InChI=1S/C29H51N/c1-19-8-7-13-27(4)22(19)12-15-29(6)24(27)10-9-23-25-21(20(2)18-30)11-14-26(25,3)16-17-28(23,29)5/h19-25H,7-18,30H2,1-6H3/t19?,20?,21?,22?,23?,24?,25?,26?,27?,28-,29?/m1/s1.